The van der Waals surface area contributed by atoms with E-state index in [1.807, 2.05) is 31.2 Å². The number of rotatable bonds is 5. The smallest absolute Gasteiger partial charge is 0.138 e. The molecule has 1 fully saturated rings. The molecule has 2 atom stereocenters. The van der Waals surface area contributed by atoms with Crippen LogP contribution in [0.4, 0.5) is 0 Å². The Labute approximate surface area is 108 Å². The number of Topliss-reactive ketones (excluding diaryl/α,β-unsaturated/α-hetero) is 1. The summed E-state index contributed by atoms with van der Waals surface area (Å²) < 4.78 is 10.5. The van der Waals surface area contributed by atoms with Crippen LogP contribution >= 0.6 is 0 Å². The Bertz CT molecular complexity index is 397. The van der Waals surface area contributed by atoms with Gasteiger partial charge < -0.3 is 9.47 Å². The van der Waals surface area contributed by atoms with E-state index in [1.165, 1.54) is 5.56 Å². The van der Waals surface area contributed by atoms with Crippen LogP contribution in [0.5, 0.6) is 5.75 Å². The largest absolute Gasteiger partial charge is 0.497 e. The summed E-state index contributed by atoms with van der Waals surface area (Å²) in [5.41, 5.74) is 1.18. The molecule has 3 heteroatoms. The average Bonchev–Trinajstić information content (AvgIpc) is 2.83. The van der Waals surface area contributed by atoms with Crippen molar-refractivity contribution in [1.29, 1.82) is 0 Å². The number of ether oxygens (including phenoxy) is 2. The normalized spacial score (nSPS) is 23.0. The second-order valence-corrected chi connectivity index (χ2v) is 4.79. The third kappa shape index (κ3) is 3.10. The van der Waals surface area contributed by atoms with Crippen molar-refractivity contribution in [2.24, 2.45) is 5.92 Å². The first-order valence-electron chi connectivity index (χ1n) is 6.48. The summed E-state index contributed by atoms with van der Waals surface area (Å²) in [5, 5.41) is 0. The van der Waals surface area contributed by atoms with Crippen molar-refractivity contribution < 1.29 is 14.3 Å². The summed E-state index contributed by atoms with van der Waals surface area (Å²) >= 11 is 0. The SMILES string of the molecule is COc1ccc(CCC(=O)C2CCOC2C)cc1. The highest BCUT2D eigenvalue weighted by atomic mass is 16.5. The van der Waals surface area contributed by atoms with Crippen molar-refractivity contribution in [2.45, 2.75) is 32.3 Å². The van der Waals surface area contributed by atoms with Gasteiger partial charge in [-0.1, -0.05) is 12.1 Å². The van der Waals surface area contributed by atoms with Gasteiger partial charge in [-0.05, 0) is 37.5 Å². The van der Waals surface area contributed by atoms with Gasteiger partial charge in [0.25, 0.3) is 0 Å². The summed E-state index contributed by atoms with van der Waals surface area (Å²) in [4.78, 5) is 12.0. The number of methoxy groups -OCH3 is 1. The van der Waals surface area contributed by atoms with E-state index < -0.39 is 0 Å². The lowest BCUT2D eigenvalue weighted by atomic mass is 9.93. The summed E-state index contributed by atoms with van der Waals surface area (Å²) in [6.45, 7) is 2.71. The number of carbonyl (C=O) groups excluding carboxylic acids is 1. The van der Waals surface area contributed by atoms with Crippen molar-refractivity contribution in [2.75, 3.05) is 13.7 Å². The van der Waals surface area contributed by atoms with E-state index in [0.29, 0.717) is 12.2 Å². The highest BCUT2D eigenvalue weighted by molar-refractivity contribution is 5.82. The van der Waals surface area contributed by atoms with Crippen molar-refractivity contribution in [1.82, 2.24) is 0 Å². The van der Waals surface area contributed by atoms with Gasteiger partial charge in [-0.2, -0.15) is 0 Å². The number of carbonyl (C=O) groups is 1. The standard InChI is InChI=1S/C15H20O3/c1-11-14(9-10-18-11)15(16)8-5-12-3-6-13(17-2)7-4-12/h3-4,6-7,11,14H,5,8-10H2,1-2H3. The molecule has 98 valence electrons. The highest BCUT2D eigenvalue weighted by Crippen LogP contribution is 2.23. The van der Waals surface area contributed by atoms with Gasteiger partial charge in [0.2, 0.25) is 0 Å². The minimum Gasteiger partial charge on any atom is -0.497 e. The van der Waals surface area contributed by atoms with Gasteiger partial charge in [-0.15, -0.1) is 0 Å². The predicted octanol–water partition coefficient (Wildman–Crippen LogP) is 2.62. The van der Waals surface area contributed by atoms with E-state index in [1.54, 1.807) is 7.11 Å². The molecule has 1 aliphatic heterocycles. The van der Waals surface area contributed by atoms with Crippen molar-refractivity contribution in [3.8, 4) is 5.75 Å². The maximum absolute atomic E-state index is 12.0. The third-order valence-electron chi connectivity index (χ3n) is 3.61. The molecule has 0 saturated carbocycles. The molecule has 0 bridgehead atoms. The third-order valence-corrected chi connectivity index (χ3v) is 3.61. The zero-order valence-corrected chi connectivity index (χ0v) is 11.0. The molecule has 1 heterocycles. The lowest BCUT2D eigenvalue weighted by Crippen LogP contribution is -2.21. The summed E-state index contributed by atoms with van der Waals surface area (Å²) in [7, 11) is 1.65. The van der Waals surface area contributed by atoms with Gasteiger partial charge in [0.15, 0.2) is 0 Å². The molecule has 1 saturated heterocycles. The minimum atomic E-state index is 0.0911. The van der Waals surface area contributed by atoms with Gasteiger partial charge in [0.1, 0.15) is 11.5 Å². The molecular weight excluding hydrogens is 228 g/mol. The zero-order valence-electron chi connectivity index (χ0n) is 11.0. The second-order valence-electron chi connectivity index (χ2n) is 4.79. The van der Waals surface area contributed by atoms with Crippen molar-refractivity contribution in [3.05, 3.63) is 29.8 Å². The first-order chi connectivity index (χ1) is 8.70. The molecule has 1 aliphatic rings. The molecule has 3 nitrogen and oxygen atoms in total. The minimum absolute atomic E-state index is 0.0911. The number of hydrogen-bond donors (Lipinski definition) is 0. The van der Waals surface area contributed by atoms with Crippen LogP contribution in [0, 0.1) is 5.92 Å². The first kappa shape index (κ1) is 13.1. The first-order valence-corrected chi connectivity index (χ1v) is 6.48. The van der Waals surface area contributed by atoms with Gasteiger partial charge in [0.05, 0.1) is 13.2 Å². The lowest BCUT2D eigenvalue weighted by Gasteiger charge is -2.12. The second kappa shape index (κ2) is 6.01. The van der Waals surface area contributed by atoms with Crippen LogP contribution in [0.25, 0.3) is 0 Å². The van der Waals surface area contributed by atoms with E-state index in [0.717, 1.165) is 25.2 Å². The molecule has 0 aromatic heterocycles. The molecule has 0 amide bonds. The Hall–Kier alpha value is -1.35. The quantitative estimate of drug-likeness (QED) is 0.803. The maximum atomic E-state index is 12.0. The Balaban J connectivity index is 1.85. The van der Waals surface area contributed by atoms with E-state index in [2.05, 4.69) is 0 Å². The van der Waals surface area contributed by atoms with Crippen molar-refractivity contribution in [3.63, 3.8) is 0 Å². The molecule has 0 radical (unpaired) electrons. The van der Waals surface area contributed by atoms with Gasteiger partial charge in [-0.25, -0.2) is 0 Å². The molecule has 0 spiro atoms. The average molecular weight is 248 g/mol. The van der Waals surface area contributed by atoms with E-state index in [4.69, 9.17) is 9.47 Å². The number of ketones is 1. The molecule has 18 heavy (non-hydrogen) atoms. The summed E-state index contributed by atoms with van der Waals surface area (Å²) in [6, 6.07) is 7.89. The molecule has 0 aliphatic carbocycles. The number of benzene rings is 1. The maximum Gasteiger partial charge on any atom is 0.138 e. The lowest BCUT2D eigenvalue weighted by molar-refractivity contribution is -0.124. The van der Waals surface area contributed by atoms with Gasteiger partial charge >= 0.3 is 0 Å². The highest BCUT2D eigenvalue weighted by Gasteiger charge is 2.29. The zero-order chi connectivity index (χ0) is 13.0. The molecule has 0 N–H and O–H groups in total. The van der Waals surface area contributed by atoms with Crippen LogP contribution < -0.4 is 4.74 Å². The summed E-state index contributed by atoms with van der Waals surface area (Å²) in [5.74, 6) is 1.28. The fourth-order valence-electron chi connectivity index (χ4n) is 2.40. The Morgan fingerprint density at radius 3 is 2.67 bits per heavy atom. The van der Waals surface area contributed by atoms with Crippen LogP contribution in [-0.2, 0) is 16.0 Å². The predicted molar refractivity (Wildman–Crippen MR) is 69.8 cm³/mol. The molecule has 2 unspecified atom stereocenters. The van der Waals surface area contributed by atoms with Gasteiger partial charge in [-0.3, -0.25) is 4.79 Å². The van der Waals surface area contributed by atoms with E-state index in [-0.39, 0.29) is 12.0 Å². The van der Waals surface area contributed by atoms with Gasteiger partial charge in [0, 0.05) is 18.9 Å². The van der Waals surface area contributed by atoms with Crippen LogP contribution in [-0.4, -0.2) is 25.6 Å². The number of aryl methyl sites for hydroxylation is 1. The van der Waals surface area contributed by atoms with Crippen LogP contribution in [0.1, 0.15) is 25.3 Å². The monoisotopic (exact) mass is 248 g/mol. The molecule has 1 aromatic carbocycles. The number of hydrogen-bond acceptors (Lipinski definition) is 3. The molecule has 1 aromatic rings. The fraction of sp³-hybridized carbons (Fsp3) is 0.533. The Morgan fingerprint density at radius 1 is 1.39 bits per heavy atom. The van der Waals surface area contributed by atoms with Crippen LogP contribution in [0.15, 0.2) is 24.3 Å². The van der Waals surface area contributed by atoms with Crippen LogP contribution in [0.3, 0.4) is 0 Å². The Morgan fingerprint density at radius 2 is 2.11 bits per heavy atom. The molecule has 2 rings (SSSR count). The summed E-state index contributed by atoms with van der Waals surface area (Å²) in [6.07, 6.45) is 2.37. The topological polar surface area (TPSA) is 35.5 Å². The fourth-order valence-corrected chi connectivity index (χ4v) is 2.40. The Kier molecular flexibility index (Phi) is 4.37. The van der Waals surface area contributed by atoms with Crippen LogP contribution in [0.2, 0.25) is 0 Å². The van der Waals surface area contributed by atoms with E-state index in [9.17, 15) is 4.79 Å². The molecular formula is C15H20O3. The van der Waals surface area contributed by atoms with E-state index >= 15 is 0 Å². The van der Waals surface area contributed by atoms with Crippen molar-refractivity contribution >= 4 is 5.78 Å².